The predicted octanol–water partition coefficient (Wildman–Crippen LogP) is 3.76. The minimum Gasteiger partial charge on any atom is -0.481 e. The summed E-state index contributed by atoms with van der Waals surface area (Å²) in [6, 6.07) is 15.6. The number of benzene rings is 2. The maximum Gasteiger partial charge on any atom is 0.412 e. The lowest BCUT2D eigenvalue weighted by molar-refractivity contribution is -0.137. The zero-order valence-electron chi connectivity index (χ0n) is 18.9. The van der Waals surface area contributed by atoms with Crippen LogP contribution in [0.5, 0.6) is 0 Å². The quantitative estimate of drug-likeness (QED) is 0.468. The van der Waals surface area contributed by atoms with Crippen molar-refractivity contribution in [3.05, 3.63) is 71.4 Å². The van der Waals surface area contributed by atoms with E-state index in [4.69, 9.17) is 9.84 Å². The summed E-state index contributed by atoms with van der Waals surface area (Å²) in [7, 11) is 1.59. The van der Waals surface area contributed by atoms with Gasteiger partial charge in [0.2, 0.25) is 0 Å². The molecule has 1 aliphatic rings. The van der Waals surface area contributed by atoms with Crippen LogP contribution in [-0.4, -0.2) is 45.5 Å². The molecule has 0 saturated carbocycles. The molecule has 1 unspecified atom stereocenters. The number of aryl methyl sites for hydroxylation is 1. The van der Waals surface area contributed by atoms with Gasteiger partial charge in [-0.15, -0.1) is 0 Å². The van der Waals surface area contributed by atoms with E-state index in [2.05, 4.69) is 27.9 Å². The number of aliphatic carboxylic acids is 1. The van der Waals surface area contributed by atoms with Gasteiger partial charge in [0.15, 0.2) is 0 Å². The van der Waals surface area contributed by atoms with Gasteiger partial charge in [-0.05, 0) is 28.7 Å². The Labute approximate surface area is 196 Å². The smallest absolute Gasteiger partial charge is 0.412 e. The summed E-state index contributed by atoms with van der Waals surface area (Å²) in [5.41, 5.74) is 4.58. The molecule has 1 atom stereocenters. The van der Waals surface area contributed by atoms with E-state index in [1.54, 1.807) is 14.0 Å². The molecule has 1 heterocycles. The molecule has 0 bridgehead atoms. The van der Waals surface area contributed by atoms with Crippen LogP contribution in [0.25, 0.3) is 11.1 Å². The summed E-state index contributed by atoms with van der Waals surface area (Å²) < 4.78 is 6.91. The van der Waals surface area contributed by atoms with Crippen LogP contribution in [0, 0.1) is 0 Å². The van der Waals surface area contributed by atoms with Gasteiger partial charge < -0.3 is 15.2 Å². The van der Waals surface area contributed by atoms with Gasteiger partial charge in [-0.2, -0.15) is 5.10 Å². The normalized spacial score (nSPS) is 13.0. The summed E-state index contributed by atoms with van der Waals surface area (Å²) in [6.45, 7) is 1.92. The second-order valence-electron chi connectivity index (χ2n) is 8.16. The number of aromatic nitrogens is 2. The van der Waals surface area contributed by atoms with Crippen molar-refractivity contribution in [3.63, 3.8) is 0 Å². The molecular formula is C25H26N4O5. The first-order chi connectivity index (χ1) is 16.4. The highest BCUT2D eigenvalue weighted by Gasteiger charge is 2.29. The monoisotopic (exact) mass is 462 g/mol. The summed E-state index contributed by atoms with van der Waals surface area (Å²) in [5, 5.41) is 18.3. The molecule has 9 nitrogen and oxygen atoms in total. The molecule has 1 aliphatic carbocycles. The number of fused-ring (bicyclic) bond motifs is 3. The molecule has 34 heavy (non-hydrogen) atoms. The lowest BCUT2D eigenvalue weighted by atomic mass is 9.98. The van der Waals surface area contributed by atoms with E-state index in [1.165, 1.54) is 10.9 Å². The third-order valence-corrected chi connectivity index (χ3v) is 6.00. The first-order valence-electron chi connectivity index (χ1n) is 11.1. The molecule has 0 fully saturated rings. The fourth-order valence-corrected chi connectivity index (χ4v) is 4.25. The number of carbonyl (C=O) groups excluding carboxylic acids is 2. The van der Waals surface area contributed by atoms with Crippen LogP contribution in [0.3, 0.4) is 0 Å². The van der Waals surface area contributed by atoms with Gasteiger partial charge >= 0.3 is 12.1 Å². The van der Waals surface area contributed by atoms with Gasteiger partial charge in [0.25, 0.3) is 5.91 Å². The number of carboxylic acid groups (broad SMARTS) is 1. The maximum absolute atomic E-state index is 12.7. The lowest BCUT2D eigenvalue weighted by Crippen LogP contribution is -2.36. The first kappa shape index (κ1) is 23.0. The van der Waals surface area contributed by atoms with Crippen LogP contribution in [0.4, 0.5) is 10.6 Å². The average Bonchev–Trinajstić information content (AvgIpc) is 3.34. The Kier molecular flexibility index (Phi) is 6.62. The minimum atomic E-state index is -1.00. The van der Waals surface area contributed by atoms with Crippen molar-refractivity contribution >= 4 is 23.8 Å². The molecule has 0 saturated heterocycles. The second kappa shape index (κ2) is 9.78. The van der Waals surface area contributed by atoms with Crippen LogP contribution in [0.2, 0.25) is 0 Å². The molecule has 2 aromatic carbocycles. The maximum atomic E-state index is 12.7. The molecule has 0 spiro atoms. The summed E-state index contributed by atoms with van der Waals surface area (Å²) in [5.74, 6) is -1.45. The second-order valence-corrected chi connectivity index (χ2v) is 8.16. The number of nitrogens with zero attached hydrogens (tertiary/aromatic N) is 2. The number of carbonyl (C=O) groups is 3. The molecule has 0 aliphatic heterocycles. The highest BCUT2D eigenvalue weighted by Crippen LogP contribution is 2.44. The van der Waals surface area contributed by atoms with E-state index in [1.807, 2.05) is 36.4 Å². The standard InChI is InChI=1S/C25H26N4O5/c1-3-15(12-22(30)31)27-24(32)20-13-26-29(2)23(20)28-25(33)34-14-21-18-10-6-4-8-16(18)17-9-5-7-11-19(17)21/h4-11,13,15,21H,3,12,14H2,1-2H3,(H,27,32)(H,28,33)(H,30,31). The highest BCUT2D eigenvalue weighted by atomic mass is 16.5. The number of hydrogen-bond acceptors (Lipinski definition) is 5. The average molecular weight is 463 g/mol. The fourth-order valence-electron chi connectivity index (χ4n) is 4.25. The molecule has 3 N–H and O–H groups in total. The number of amides is 2. The Morgan fingerprint density at radius 1 is 1.09 bits per heavy atom. The highest BCUT2D eigenvalue weighted by molar-refractivity contribution is 6.01. The zero-order valence-corrected chi connectivity index (χ0v) is 18.9. The van der Waals surface area contributed by atoms with E-state index < -0.39 is 24.0 Å². The van der Waals surface area contributed by atoms with E-state index in [9.17, 15) is 14.4 Å². The van der Waals surface area contributed by atoms with E-state index in [0.29, 0.717) is 6.42 Å². The van der Waals surface area contributed by atoms with Crippen molar-refractivity contribution in [2.24, 2.45) is 7.05 Å². The molecule has 3 aromatic rings. The molecule has 9 heteroatoms. The number of carboxylic acids is 1. The van der Waals surface area contributed by atoms with Crippen LogP contribution in [0.1, 0.15) is 47.2 Å². The van der Waals surface area contributed by atoms with Crippen LogP contribution >= 0.6 is 0 Å². The van der Waals surface area contributed by atoms with E-state index in [-0.39, 0.29) is 30.3 Å². The van der Waals surface area contributed by atoms with Crippen LogP contribution < -0.4 is 10.6 Å². The van der Waals surface area contributed by atoms with Crippen LogP contribution in [-0.2, 0) is 16.6 Å². The molecule has 1 aromatic heterocycles. The Bertz CT molecular complexity index is 1190. The van der Waals surface area contributed by atoms with Crippen molar-refractivity contribution in [2.45, 2.75) is 31.7 Å². The van der Waals surface area contributed by atoms with Gasteiger partial charge in [0.1, 0.15) is 18.0 Å². The Morgan fingerprint density at radius 2 is 1.71 bits per heavy atom. The van der Waals surface area contributed by atoms with Crippen molar-refractivity contribution in [2.75, 3.05) is 11.9 Å². The van der Waals surface area contributed by atoms with Crippen molar-refractivity contribution < 1.29 is 24.2 Å². The Balaban J connectivity index is 1.44. The number of rotatable bonds is 8. The lowest BCUT2D eigenvalue weighted by Gasteiger charge is -2.16. The van der Waals surface area contributed by atoms with Gasteiger partial charge in [-0.1, -0.05) is 55.5 Å². The van der Waals surface area contributed by atoms with Crippen molar-refractivity contribution in [3.8, 4) is 11.1 Å². The van der Waals surface area contributed by atoms with Gasteiger partial charge in [-0.25, -0.2) is 4.79 Å². The van der Waals surface area contributed by atoms with Crippen molar-refractivity contribution in [1.82, 2.24) is 15.1 Å². The van der Waals surface area contributed by atoms with Gasteiger partial charge in [-0.3, -0.25) is 19.6 Å². The Morgan fingerprint density at radius 3 is 2.29 bits per heavy atom. The molecule has 4 rings (SSSR count). The van der Waals surface area contributed by atoms with Gasteiger partial charge in [0, 0.05) is 19.0 Å². The summed E-state index contributed by atoms with van der Waals surface area (Å²) in [4.78, 5) is 36.4. The SMILES string of the molecule is CCC(CC(=O)O)NC(=O)c1cnn(C)c1NC(=O)OCC1c2ccccc2-c2ccccc21. The largest absolute Gasteiger partial charge is 0.481 e. The molecular weight excluding hydrogens is 436 g/mol. The number of ether oxygens (including phenoxy) is 1. The topological polar surface area (TPSA) is 123 Å². The number of nitrogens with one attached hydrogen (secondary N) is 2. The van der Waals surface area contributed by atoms with E-state index in [0.717, 1.165) is 22.3 Å². The zero-order chi connectivity index (χ0) is 24.2. The molecule has 2 amide bonds. The number of hydrogen-bond donors (Lipinski definition) is 3. The van der Waals surface area contributed by atoms with Crippen molar-refractivity contribution in [1.29, 1.82) is 0 Å². The Hall–Kier alpha value is -4.14. The minimum absolute atomic E-state index is 0.0891. The fraction of sp³-hybridized carbons (Fsp3) is 0.280. The third kappa shape index (κ3) is 4.63. The molecule has 0 radical (unpaired) electrons. The first-order valence-corrected chi connectivity index (χ1v) is 11.1. The summed E-state index contributed by atoms with van der Waals surface area (Å²) in [6.07, 6.45) is 0.865. The third-order valence-electron chi connectivity index (χ3n) is 6.00. The molecule has 176 valence electrons. The van der Waals surface area contributed by atoms with Gasteiger partial charge in [0.05, 0.1) is 12.6 Å². The van der Waals surface area contributed by atoms with Crippen LogP contribution in [0.15, 0.2) is 54.7 Å². The van der Waals surface area contributed by atoms with E-state index >= 15 is 0 Å². The summed E-state index contributed by atoms with van der Waals surface area (Å²) >= 11 is 0. The predicted molar refractivity (Wildman–Crippen MR) is 126 cm³/mol. The number of anilines is 1.